The molecule has 1 aliphatic heterocycles. The number of hydrogen-bond acceptors (Lipinski definition) is 6. The van der Waals surface area contributed by atoms with Crippen LogP contribution in [0.25, 0.3) is 11.4 Å². The minimum Gasteiger partial charge on any atom is -0.335 e. The quantitative estimate of drug-likeness (QED) is 0.603. The summed E-state index contributed by atoms with van der Waals surface area (Å²) in [7, 11) is -3.05. The van der Waals surface area contributed by atoms with E-state index in [1.807, 2.05) is 38.1 Å². The molecule has 0 saturated carbocycles. The standard InChI is InChI=1S/C18H23BrN4O3S2/c1-3-12(2)23(13-8-9-28(25,26)11-13)16(24)10-27-18-20-17(21-22-18)14-6-4-5-7-15(14)19/h4-7,12-13H,3,8-11H2,1-2H3,(H,20,21,22)/t12-,13-/m1/s1. The highest BCUT2D eigenvalue weighted by Gasteiger charge is 2.36. The Balaban J connectivity index is 1.67. The molecule has 10 heteroatoms. The fourth-order valence-corrected chi connectivity index (χ4v) is 6.14. The third kappa shape index (κ3) is 4.96. The number of nitrogens with one attached hydrogen (secondary N) is 1. The number of aromatic amines is 1. The summed E-state index contributed by atoms with van der Waals surface area (Å²) in [6.45, 7) is 3.96. The van der Waals surface area contributed by atoms with Gasteiger partial charge in [-0.25, -0.2) is 13.4 Å². The third-order valence-electron chi connectivity index (χ3n) is 4.87. The van der Waals surface area contributed by atoms with Crippen LogP contribution >= 0.6 is 27.7 Å². The molecule has 3 rings (SSSR count). The molecule has 2 aromatic rings. The molecule has 0 bridgehead atoms. The summed E-state index contributed by atoms with van der Waals surface area (Å²) < 4.78 is 24.6. The van der Waals surface area contributed by atoms with Crippen molar-refractivity contribution in [2.45, 2.75) is 43.9 Å². The van der Waals surface area contributed by atoms with E-state index in [2.05, 4.69) is 31.1 Å². The first-order valence-corrected chi connectivity index (χ1v) is 12.7. The Labute approximate surface area is 177 Å². The molecule has 7 nitrogen and oxygen atoms in total. The molecular weight excluding hydrogens is 464 g/mol. The second-order valence-corrected chi connectivity index (χ2v) is 10.9. The van der Waals surface area contributed by atoms with Crippen LogP contribution in [-0.2, 0) is 14.6 Å². The maximum Gasteiger partial charge on any atom is 0.233 e. The molecule has 1 aromatic carbocycles. The average Bonchev–Trinajstić information content (AvgIpc) is 3.26. The van der Waals surface area contributed by atoms with Gasteiger partial charge in [-0.3, -0.25) is 9.89 Å². The van der Waals surface area contributed by atoms with Crippen LogP contribution in [0.3, 0.4) is 0 Å². The van der Waals surface area contributed by atoms with Crippen molar-refractivity contribution in [1.29, 1.82) is 0 Å². The van der Waals surface area contributed by atoms with Crippen LogP contribution in [0.15, 0.2) is 33.9 Å². The maximum atomic E-state index is 12.9. The van der Waals surface area contributed by atoms with Crippen LogP contribution in [0, 0.1) is 0 Å². The number of benzene rings is 1. The molecule has 28 heavy (non-hydrogen) atoms. The van der Waals surface area contributed by atoms with E-state index < -0.39 is 9.84 Å². The number of sulfone groups is 1. The highest BCUT2D eigenvalue weighted by molar-refractivity contribution is 9.10. The first kappa shape index (κ1) is 21.3. The average molecular weight is 487 g/mol. The van der Waals surface area contributed by atoms with Crippen LogP contribution in [0.4, 0.5) is 0 Å². The summed E-state index contributed by atoms with van der Waals surface area (Å²) in [5.74, 6) is 0.937. The monoisotopic (exact) mass is 486 g/mol. The third-order valence-corrected chi connectivity index (χ3v) is 8.15. The fourth-order valence-electron chi connectivity index (χ4n) is 3.29. The lowest BCUT2D eigenvalue weighted by atomic mass is 10.1. The highest BCUT2D eigenvalue weighted by atomic mass is 79.9. The number of amides is 1. The van der Waals surface area contributed by atoms with Gasteiger partial charge in [-0.2, -0.15) is 0 Å². The number of aromatic nitrogens is 3. The van der Waals surface area contributed by atoms with E-state index in [0.717, 1.165) is 16.5 Å². The molecule has 1 aliphatic rings. The van der Waals surface area contributed by atoms with Crippen molar-refractivity contribution in [2.24, 2.45) is 0 Å². The van der Waals surface area contributed by atoms with Crippen molar-refractivity contribution in [3.8, 4) is 11.4 Å². The minimum atomic E-state index is -3.05. The molecule has 1 saturated heterocycles. The van der Waals surface area contributed by atoms with Crippen LogP contribution in [-0.4, -0.2) is 63.7 Å². The van der Waals surface area contributed by atoms with Gasteiger partial charge in [0.2, 0.25) is 11.1 Å². The zero-order valence-corrected chi connectivity index (χ0v) is 19.0. The van der Waals surface area contributed by atoms with Crippen LogP contribution < -0.4 is 0 Å². The lowest BCUT2D eigenvalue weighted by molar-refractivity contribution is -0.132. The van der Waals surface area contributed by atoms with Gasteiger partial charge in [0.25, 0.3) is 0 Å². The summed E-state index contributed by atoms with van der Waals surface area (Å²) in [5, 5.41) is 7.58. The van der Waals surface area contributed by atoms with Crippen molar-refractivity contribution in [1.82, 2.24) is 20.1 Å². The van der Waals surface area contributed by atoms with Gasteiger partial charge < -0.3 is 4.90 Å². The molecular formula is C18H23BrN4O3S2. The van der Waals surface area contributed by atoms with Crippen molar-refractivity contribution < 1.29 is 13.2 Å². The molecule has 2 atom stereocenters. The van der Waals surface area contributed by atoms with E-state index in [0.29, 0.717) is 17.4 Å². The number of rotatable bonds is 7. The molecule has 152 valence electrons. The Bertz CT molecular complexity index is 948. The Morgan fingerprint density at radius 1 is 1.43 bits per heavy atom. The van der Waals surface area contributed by atoms with Crippen LogP contribution in [0.2, 0.25) is 0 Å². The number of carbonyl (C=O) groups excluding carboxylic acids is 1. The molecule has 1 aromatic heterocycles. The van der Waals surface area contributed by atoms with E-state index in [1.54, 1.807) is 4.90 Å². The first-order chi connectivity index (χ1) is 13.3. The summed E-state index contributed by atoms with van der Waals surface area (Å²) >= 11 is 4.75. The van der Waals surface area contributed by atoms with Crippen molar-refractivity contribution in [2.75, 3.05) is 17.3 Å². The number of nitrogens with zero attached hydrogens (tertiary/aromatic N) is 3. The Morgan fingerprint density at radius 3 is 2.82 bits per heavy atom. The van der Waals surface area contributed by atoms with E-state index in [4.69, 9.17) is 0 Å². The Kier molecular flexibility index (Phi) is 6.82. The number of halogens is 1. The van der Waals surface area contributed by atoms with Crippen LogP contribution in [0.5, 0.6) is 0 Å². The van der Waals surface area contributed by atoms with Gasteiger partial charge >= 0.3 is 0 Å². The highest BCUT2D eigenvalue weighted by Crippen LogP contribution is 2.27. The van der Waals surface area contributed by atoms with Gasteiger partial charge in [-0.1, -0.05) is 52.8 Å². The maximum absolute atomic E-state index is 12.9. The number of thioether (sulfide) groups is 1. The predicted molar refractivity (Wildman–Crippen MR) is 114 cm³/mol. The molecule has 2 heterocycles. The molecule has 0 unspecified atom stereocenters. The second kappa shape index (κ2) is 8.96. The molecule has 0 aliphatic carbocycles. The minimum absolute atomic E-state index is 0.00521. The smallest absolute Gasteiger partial charge is 0.233 e. The van der Waals surface area contributed by atoms with Gasteiger partial charge in [0.05, 0.1) is 17.3 Å². The van der Waals surface area contributed by atoms with Gasteiger partial charge in [-0.15, -0.1) is 5.10 Å². The van der Waals surface area contributed by atoms with Gasteiger partial charge in [0, 0.05) is 22.1 Å². The normalized spacial score (nSPS) is 19.5. The van der Waals surface area contributed by atoms with E-state index in [1.165, 1.54) is 11.8 Å². The van der Waals surface area contributed by atoms with E-state index >= 15 is 0 Å². The van der Waals surface area contributed by atoms with Gasteiger partial charge in [-0.05, 0) is 25.8 Å². The summed E-state index contributed by atoms with van der Waals surface area (Å²) in [6, 6.07) is 7.44. The van der Waals surface area contributed by atoms with E-state index in [9.17, 15) is 13.2 Å². The second-order valence-electron chi connectivity index (χ2n) is 6.85. The Morgan fingerprint density at radius 2 is 2.18 bits per heavy atom. The predicted octanol–water partition coefficient (Wildman–Crippen LogP) is 3.14. The van der Waals surface area contributed by atoms with Gasteiger partial charge in [0.1, 0.15) is 0 Å². The molecule has 0 radical (unpaired) electrons. The summed E-state index contributed by atoms with van der Waals surface area (Å²) in [4.78, 5) is 19.1. The lowest BCUT2D eigenvalue weighted by Crippen LogP contribution is -2.47. The van der Waals surface area contributed by atoms with Crippen LogP contribution in [0.1, 0.15) is 26.7 Å². The summed E-state index contributed by atoms with van der Waals surface area (Å²) in [6.07, 6.45) is 1.29. The number of H-pyrrole nitrogens is 1. The summed E-state index contributed by atoms with van der Waals surface area (Å²) in [5.41, 5.74) is 0.894. The van der Waals surface area contributed by atoms with Crippen molar-refractivity contribution in [3.05, 3.63) is 28.7 Å². The lowest BCUT2D eigenvalue weighted by Gasteiger charge is -2.33. The number of carbonyl (C=O) groups is 1. The largest absolute Gasteiger partial charge is 0.335 e. The number of hydrogen-bond donors (Lipinski definition) is 1. The molecule has 1 fully saturated rings. The van der Waals surface area contributed by atoms with Crippen molar-refractivity contribution >= 4 is 43.4 Å². The topological polar surface area (TPSA) is 96.0 Å². The fraction of sp³-hybridized carbons (Fsp3) is 0.500. The SMILES string of the molecule is CC[C@@H](C)N(C(=O)CSc1n[nH]c(-c2ccccc2Br)n1)[C@@H]1CCS(=O)(=O)C1. The zero-order chi connectivity index (χ0) is 20.3. The molecule has 1 N–H and O–H groups in total. The van der Waals surface area contributed by atoms with Gasteiger partial charge in [0.15, 0.2) is 15.7 Å². The Hall–Kier alpha value is -1.39. The molecule has 1 amide bonds. The molecule has 0 spiro atoms. The van der Waals surface area contributed by atoms with Crippen molar-refractivity contribution in [3.63, 3.8) is 0 Å². The first-order valence-electron chi connectivity index (χ1n) is 9.12. The van der Waals surface area contributed by atoms with E-state index in [-0.39, 0.29) is 35.2 Å². The zero-order valence-electron chi connectivity index (χ0n) is 15.8.